The van der Waals surface area contributed by atoms with Crippen molar-refractivity contribution in [2.45, 2.75) is 19.9 Å². The van der Waals surface area contributed by atoms with Crippen molar-refractivity contribution in [3.05, 3.63) is 77.4 Å². The molecule has 0 spiro atoms. The van der Waals surface area contributed by atoms with E-state index in [9.17, 15) is 4.79 Å². The zero-order chi connectivity index (χ0) is 21.0. The third-order valence-corrected chi connectivity index (χ3v) is 4.72. The van der Waals surface area contributed by atoms with Crippen LogP contribution in [0.25, 0.3) is 5.57 Å². The number of furan rings is 1. The molecule has 1 aliphatic heterocycles. The van der Waals surface area contributed by atoms with E-state index in [0.29, 0.717) is 5.76 Å². The number of ether oxygens (including phenoxy) is 1. The Bertz CT molecular complexity index is 923. The third kappa shape index (κ3) is 6.77. The van der Waals surface area contributed by atoms with Crippen molar-refractivity contribution >= 4 is 11.9 Å². The number of allylic oxidation sites excluding steroid dienone is 3. The van der Waals surface area contributed by atoms with Crippen LogP contribution in [0.1, 0.15) is 36.0 Å². The number of nitrogens with one attached hydrogen (secondary N) is 1. The normalized spacial score (nSPS) is 15.0. The zero-order valence-corrected chi connectivity index (χ0v) is 17.4. The van der Waals surface area contributed by atoms with E-state index in [1.165, 1.54) is 0 Å². The SMILES string of the molecule is CCCN/C=C\C(=C/C=O)c1ccc(C#Cc2ccc(CN3CCOCC3)o2)cc1. The lowest BCUT2D eigenvalue weighted by atomic mass is 10.0. The number of carbonyl (C=O) groups is 1. The summed E-state index contributed by atoms with van der Waals surface area (Å²) in [6.07, 6.45) is 7.19. The first-order valence-corrected chi connectivity index (χ1v) is 10.3. The Morgan fingerprint density at radius 1 is 1.13 bits per heavy atom. The van der Waals surface area contributed by atoms with Crippen LogP contribution in [0, 0.1) is 11.8 Å². The maximum absolute atomic E-state index is 11.0. The van der Waals surface area contributed by atoms with Crippen LogP contribution >= 0.6 is 0 Å². The van der Waals surface area contributed by atoms with Gasteiger partial charge in [-0.15, -0.1) is 0 Å². The molecule has 0 amide bonds. The first-order chi connectivity index (χ1) is 14.8. The molecular weight excluding hydrogens is 376 g/mol. The predicted octanol–water partition coefficient (Wildman–Crippen LogP) is 3.61. The molecule has 30 heavy (non-hydrogen) atoms. The van der Waals surface area contributed by atoms with E-state index in [4.69, 9.17) is 9.15 Å². The second kappa shape index (κ2) is 11.8. The summed E-state index contributed by atoms with van der Waals surface area (Å²) in [7, 11) is 0. The molecule has 1 N–H and O–H groups in total. The molecule has 0 unspecified atom stereocenters. The number of carbonyl (C=O) groups excluding carboxylic acids is 1. The summed E-state index contributed by atoms with van der Waals surface area (Å²) in [5, 5.41) is 3.19. The van der Waals surface area contributed by atoms with Crippen LogP contribution < -0.4 is 5.32 Å². The molecule has 0 atom stereocenters. The predicted molar refractivity (Wildman–Crippen MR) is 119 cm³/mol. The number of hydrogen-bond acceptors (Lipinski definition) is 5. The van der Waals surface area contributed by atoms with E-state index in [1.54, 1.807) is 6.08 Å². The quantitative estimate of drug-likeness (QED) is 0.240. The van der Waals surface area contributed by atoms with Crippen molar-refractivity contribution in [2.75, 3.05) is 32.8 Å². The number of rotatable bonds is 8. The fourth-order valence-corrected chi connectivity index (χ4v) is 3.09. The van der Waals surface area contributed by atoms with Gasteiger partial charge < -0.3 is 14.5 Å². The van der Waals surface area contributed by atoms with Crippen molar-refractivity contribution < 1.29 is 13.9 Å². The van der Waals surface area contributed by atoms with E-state index >= 15 is 0 Å². The summed E-state index contributed by atoms with van der Waals surface area (Å²) in [5.41, 5.74) is 2.71. The van der Waals surface area contributed by atoms with Crippen LogP contribution in [0.3, 0.4) is 0 Å². The van der Waals surface area contributed by atoms with Gasteiger partial charge in [-0.3, -0.25) is 9.69 Å². The summed E-state index contributed by atoms with van der Waals surface area (Å²) in [4.78, 5) is 13.3. The van der Waals surface area contributed by atoms with Crippen molar-refractivity contribution in [3.63, 3.8) is 0 Å². The molecular formula is C25H28N2O3. The molecule has 5 heteroatoms. The number of nitrogens with zero attached hydrogens (tertiary/aromatic N) is 1. The first kappa shape index (κ1) is 21.6. The highest BCUT2D eigenvalue weighted by molar-refractivity contribution is 5.86. The van der Waals surface area contributed by atoms with Crippen LogP contribution in [0.5, 0.6) is 0 Å². The Hall–Kier alpha value is -3.07. The van der Waals surface area contributed by atoms with Gasteiger partial charge in [-0.2, -0.15) is 0 Å². The third-order valence-electron chi connectivity index (χ3n) is 4.72. The molecule has 3 rings (SSSR count). The lowest BCUT2D eigenvalue weighted by Gasteiger charge is -2.25. The van der Waals surface area contributed by atoms with Gasteiger partial charge in [-0.1, -0.05) is 25.0 Å². The minimum atomic E-state index is 0.661. The Labute approximate surface area is 178 Å². The molecule has 1 aliphatic rings. The van der Waals surface area contributed by atoms with Gasteiger partial charge in [0.2, 0.25) is 0 Å². The maximum atomic E-state index is 11.0. The standard InChI is InChI=1S/C25H28N2O3/c1-2-13-26-14-11-23(12-17-28)22-6-3-21(4-7-22)5-8-24-9-10-25(30-24)20-27-15-18-29-19-16-27/h3-4,6-7,9-12,14,17,26H,2,13,15-16,18-20H2,1H3/b14-11-,23-12+. The van der Waals surface area contributed by atoms with Crippen LogP contribution in [0.2, 0.25) is 0 Å². The van der Waals surface area contributed by atoms with Crippen molar-refractivity contribution in [1.29, 1.82) is 0 Å². The second-order valence-electron chi connectivity index (χ2n) is 7.03. The molecule has 2 aromatic rings. The number of aldehydes is 1. The Kier molecular flexibility index (Phi) is 8.52. The molecule has 2 heterocycles. The highest BCUT2D eigenvalue weighted by Gasteiger charge is 2.12. The monoisotopic (exact) mass is 404 g/mol. The highest BCUT2D eigenvalue weighted by atomic mass is 16.5. The van der Waals surface area contributed by atoms with Crippen LogP contribution in [-0.4, -0.2) is 44.0 Å². The van der Waals surface area contributed by atoms with E-state index < -0.39 is 0 Å². The van der Waals surface area contributed by atoms with Crippen LogP contribution in [-0.2, 0) is 16.1 Å². The number of hydrogen-bond donors (Lipinski definition) is 1. The average molecular weight is 405 g/mol. The summed E-state index contributed by atoms with van der Waals surface area (Å²) in [6.45, 7) is 7.20. The van der Waals surface area contributed by atoms with Gasteiger partial charge in [0.15, 0.2) is 5.76 Å². The number of morpholine rings is 1. The fourth-order valence-electron chi connectivity index (χ4n) is 3.09. The van der Waals surface area contributed by atoms with E-state index in [2.05, 4.69) is 29.0 Å². The minimum Gasteiger partial charge on any atom is -0.451 e. The molecule has 5 nitrogen and oxygen atoms in total. The molecule has 156 valence electrons. The highest BCUT2D eigenvalue weighted by Crippen LogP contribution is 2.16. The molecule has 0 radical (unpaired) electrons. The fraction of sp³-hybridized carbons (Fsp3) is 0.320. The maximum Gasteiger partial charge on any atom is 0.177 e. The van der Waals surface area contributed by atoms with E-state index in [-0.39, 0.29) is 0 Å². The summed E-state index contributed by atoms with van der Waals surface area (Å²) in [5.74, 6) is 7.81. The molecule has 1 saturated heterocycles. The van der Waals surface area contributed by atoms with Crippen LogP contribution in [0.15, 0.2) is 59.2 Å². The van der Waals surface area contributed by atoms with Gasteiger partial charge in [-0.25, -0.2) is 0 Å². The topological polar surface area (TPSA) is 54.7 Å². The smallest absolute Gasteiger partial charge is 0.177 e. The number of benzene rings is 1. The van der Waals surface area contributed by atoms with E-state index in [0.717, 1.165) is 74.6 Å². The first-order valence-electron chi connectivity index (χ1n) is 10.3. The Morgan fingerprint density at radius 3 is 2.67 bits per heavy atom. The van der Waals surface area contributed by atoms with Crippen molar-refractivity contribution in [1.82, 2.24) is 10.2 Å². The van der Waals surface area contributed by atoms with Gasteiger partial charge in [0.05, 0.1) is 19.8 Å². The van der Waals surface area contributed by atoms with Gasteiger partial charge in [-0.05, 0) is 66.1 Å². The average Bonchev–Trinajstić information content (AvgIpc) is 3.23. The largest absolute Gasteiger partial charge is 0.451 e. The molecule has 1 fully saturated rings. The summed E-state index contributed by atoms with van der Waals surface area (Å²) >= 11 is 0. The van der Waals surface area contributed by atoms with Crippen molar-refractivity contribution in [3.8, 4) is 11.8 Å². The van der Waals surface area contributed by atoms with Crippen LogP contribution in [0.4, 0.5) is 0 Å². The summed E-state index contributed by atoms with van der Waals surface area (Å²) in [6, 6.07) is 11.7. The second-order valence-corrected chi connectivity index (χ2v) is 7.03. The summed E-state index contributed by atoms with van der Waals surface area (Å²) < 4.78 is 11.2. The lowest BCUT2D eigenvalue weighted by molar-refractivity contribution is -0.104. The minimum absolute atomic E-state index is 0.661. The molecule has 1 aromatic heterocycles. The molecule has 0 saturated carbocycles. The van der Waals surface area contributed by atoms with Gasteiger partial charge >= 0.3 is 0 Å². The van der Waals surface area contributed by atoms with E-state index in [1.807, 2.05) is 48.7 Å². The Balaban J connectivity index is 1.61. The molecule has 1 aromatic carbocycles. The van der Waals surface area contributed by atoms with Gasteiger partial charge in [0.25, 0.3) is 0 Å². The van der Waals surface area contributed by atoms with Gasteiger partial charge in [0.1, 0.15) is 12.0 Å². The Morgan fingerprint density at radius 2 is 1.93 bits per heavy atom. The molecule has 0 aliphatic carbocycles. The van der Waals surface area contributed by atoms with Gasteiger partial charge in [0, 0.05) is 25.2 Å². The van der Waals surface area contributed by atoms with Crippen molar-refractivity contribution in [2.24, 2.45) is 0 Å². The zero-order valence-electron chi connectivity index (χ0n) is 17.4. The lowest BCUT2D eigenvalue weighted by Crippen LogP contribution is -2.35. The molecule has 0 bridgehead atoms.